The molecule has 1 heterocycles. The molecule has 1 amide bonds. The van der Waals surface area contributed by atoms with Crippen LogP contribution in [0.25, 0.3) is 0 Å². The fourth-order valence-corrected chi connectivity index (χ4v) is 1.98. The molecule has 0 atom stereocenters. The molecule has 2 rings (SSSR count). The number of nitrogens with zero attached hydrogens (tertiary/aromatic N) is 1. The number of benzene rings is 1. The Morgan fingerprint density at radius 1 is 1.42 bits per heavy atom. The zero-order valence-corrected chi connectivity index (χ0v) is 10.6. The molecule has 0 spiro atoms. The van der Waals surface area contributed by atoms with Gasteiger partial charge in [-0.1, -0.05) is 6.07 Å². The van der Waals surface area contributed by atoms with Gasteiger partial charge in [0.25, 0.3) is 5.91 Å². The number of ether oxygens (including phenoxy) is 1. The minimum absolute atomic E-state index is 0.301. The summed E-state index contributed by atoms with van der Waals surface area (Å²) in [6, 6.07) is 3.80. The summed E-state index contributed by atoms with van der Waals surface area (Å²) < 4.78 is 18.7. The number of phenolic OH excluding ortho intramolecular Hbond substituents is 1. The van der Waals surface area contributed by atoms with E-state index in [1.807, 2.05) is 0 Å². The van der Waals surface area contributed by atoms with E-state index in [0.29, 0.717) is 26.3 Å². The van der Waals surface area contributed by atoms with E-state index in [1.54, 1.807) is 0 Å². The van der Waals surface area contributed by atoms with Gasteiger partial charge in [-0.15, -0.1) is 0 Å². The number of carbonyl (C=O) groups is 1. The SMILES string of the molecule is O=C(NCCN1CCOCC1)c1c(O)cccc1F. The smallest absolute Gasteiger partial charge is 0.258 e. The first-order chi connectivity index (χ1) is 9.18. The Labute approximate surface area is 111 Å². The van der Waals surface area contributed by atoms with Crippen LogP contribution >= 0.6 is 0 Å². The topological polar surface area (TPSA) is 61.8 Å². The maximum Gasteiger partial charge on any atom is 0.258 e. The van der Waals surface area contributed by atoms with E-state index in [1.165, 1.54) is 12.1 Å². The van der Waals surface area contributed by atoms with Crippen LogP contribution in [0.2, 0.25) is 0 Å². The summed E-state index contributed by atoms with van der Waals surface area (Å²) in [5.41, 5.74) is -0.301. The Morgan fingerprint density at radius 2 is 2.16 bits per heavy atom. The Hall–Kier alpha value is -1.66. The van der Waals surface area contributed by atoms with Gasteiger partial charge in [-0.05, 0) is 12.1 Å². The lowest BCUT2D eigenvalue weighted by Gasteiger charge is -2.26. The quantitative estimate of drug-likeness (QED) is 0.839. The molecule has 104 valence electrons. The van der Waals surface area contributed by atoms with Gasteiger partial charge >= 0.3 is 0 Å². The second-order valence-electron chi connectivity index (χ2n) is 4.34. The highest BCUT2D eigenvalue weighted by atomic mass is 19.1. The molecule has 1 aromatic carbocycles. The van der Waals surface area contributed by atoms with Crippen molar-refractivity contribution in [3.8, 4) is 5.75 Å². The number of nitrogens with one attached hydrogen (secondary N) is 1. The van der Waals surface area contributed by atoms with Gasteiger partial charge in [0.1, 0.15) is 17.1 Å². The average molecular weight is 268 g/mol. The highest BCUT2D eigenvalue weighted by Crippen LogP contribution is 2.19. The molecule has 0 aliphatic carbocycles. The van der Waals surface area contributed by atoms with Gasteiger partial charge in [0.05, 0.1) is 13.2 Å². The van der Waals surface area contributed by atoms with E-state index in [2.05, 4.69) is 10.2 Å². The van der Waals surface area contributed by atoms with Crippen molar-refractivity contribution in [1.29, 1.82) is 0 Å². The third-order valence-corrected chi connectivity index (χ3v) is 3.04. The monoisotopic (exact) mass is 268 g/mol. The van der Waals surface area contributed by atoms with Crippen LogP contribution in [0.3, 0.4) is 0 Å². The predicted molar refractivity (Wildman–Crippen MR) is 67.7 cm³/mol. The van der Waals surface area contributed by atoms with Crippen LogP contribution in [0.15, 0.2) is 18.2 Å². The largest absolute Gasteiger partial charge is 0.507 e. The van der Waals surface area contributed by atoms with E-state index in [9.17, 15) is 14.3 Å². The molecule has 1 aliphatic heterocycles. The molecule has 1 aromatic rings. The standard InChI is InChI=1S/C13H17FN2O3/c14-10-2-1-3-11(17)12(10)13(18)15-4-5-16-6-8-19-9-7-16/h1-3,17H,4-9H2,(H,15,18). The zero-order valence-electron chi connectivity index (χ0n) is 10.6. The number of phenols is 1. The van der Waals surface area contributed by atoms with Gasteiger partial charge < -0.3 is 15.2 Å². The van der Waals surface area contributed by atoms with E-state index >= 15 is 0 Å². The van der Waals surface area contributed by atoms with Gasteiger partial charge in [0, 0.05) is 26.2 Å². The molecule has 0 unspecified atom stereocenters. The Bertz CT molecular complexity index is 427. The van der Waals surface area contributed by atoms with Gasteiger partial charge in [0.15, 0.2) is 0 Å². The fourth-order valence-electron chi connectivity index (χ4n) is 1.98. The van der Waals surface area contributed by atoms with Crippen LogP contribution in [0.5, 0.6) is 5.75 Å². The van der Waals surface area contributed by atoms with Crippen LogP contribution in [0, 0.1) is 5.82 Å². The molecule has 19 heavy (non-hydrogen) atoms. The molecule has 5 nitrogen and oxygen atoms in total. The second kappa shape index (κ2) is 6.49. The highest BCUT2D eigenvalue weighted by Gasteiger charge is 2.16. The number of aromatic hydroxyl groups is 1. The van der Waals surface area contributed by atoms with Crippen molar-refractivity contribution in [1.82, 2.24) is 10.2 Å². The van der Waals surface area contributed by atoms with E-state index in [-0.39, 0.29) is 11.3 Å². The summed E-state index contributed by atoms with van der Waals surface area (Å²) in [5, 5.41) is 12.1. The number of hydrogen-bond donors (Lipinski definition) is 2. The molecule has 0 radical (unpaired) electrons. The third-order valence-electron chi connectivity index (χ3n) is 3.04. The first-order valence-corrected chi connectivity index (χ1v) is 6.24. The average Bonchev–Trinajstić information content (AvgIpc) is 2.40. The fraction of sp³-hybridized carbons (Fsp3) is 0.462. The molecule has 0 aromatic heterocycles. The maximum atomic E-state index is 13.4. The third kappa shape index (κ3) is 3.65. The Kier molecular flexibility index (Phi) is 4.70. The second-order valence-corrected chi connectivity index (χ2v) is 4.34. The minimum Gasteiger partial charge on any atom is -0.507 e. The van der Waals surface area contributed by atoms with Crippen LogP contribution in [-0.4, -0.2) is 55.3 Å². The van der Waals surface area contributed by atoms with Crippen molar-refractivity contribution in [3.63, 3.8) is 0 Å². The molecule has 6 heteroatoms. The van der Waals surface area contributed by atoms with Crippen molar-refractivity contribution >= 4 is 5.91 Å². The molecule has 1 saturated heterocycles. The summed E-state index contributed by atoms with van der Waals surface area (Å²) in [7, 11) is 0. The van der Waals surface area contributed by atoms with E-state index < -0.39 is 11.7 Å². The maximum absolute atomic E-state index is 13.4. The number of carbonyl (C=O) groups excluding carboxylic acids is 1. The van der Waals surface area contributed by atoms with Gasteiger partial charge in [-0.2, -0.15) is 0 Å². The molecule has 1 aliphatic rings. The number of morpholine rings is 1. The van der Waals surface area contributed by atoms with Gasteiger partial charge in [0.2, 0.25) is 0 Å². The lowest BCUT2D eigenvalue weighted by atomic mass is 10.1. The summed E-state index contributed by atoms with van der Waals surface area (Å²) >= 11 is 0. The zero-order chi connectivity index (χ0) is 13.7. The number of rotatable bonds is 4. The van der Waals surface area contributed by atoms with Gasteiger partial charge in [-0.25, -0.2) is 4.39 Å². The lowest BCUT2D eigenvalue weighted by molar-refractivity contribution is 0.0383. The minimum atomic E-state index is -0.719. The van der Waals surface area contributed by atoms with Gasteiger partial charge in [-0.3, -0.25) is 9.69 Å². The van der Waals surface area contributed by atoms with Crippen molar-refractivity contribution in [2.45, 2.75) is 0 Å². The first kappa shape index (κ1) is 13.8. The van der Waals surface area contributed by atoms with Crippen LogP contribution in [0.1, 0.15) is 10.4 Å². The summed E-state index contributed by atoms with van der Waals surface area (Å²) in [6.07, 6.45) is 0. The number of halogens is 1. The summed E-state index contributed by atoms with van der Waals surface area (Å²) in [6.45, 7) is 4.16. The summed E-state index contributed by atoms with van der Waals surface area (Å²) in [5.74, 6) is -1.66. The Balaban J connectivity index is 1.84. The molecule has 1 fully saturated rings. The number of hydrogen-bond acceptors (Lipinski definition) is 4. The van der Waals surface area contributed by atoms with Crippen molar-refractivity contribution < 1.29 is 19.0 Å². The normalized spacial score (nSPS) is 16.3. The molecular weight excluding hydrogens is 251 g/mol. The lowest BCUT2D eigenvalue weighted by Crippen LogP contribution is -2.41. The van der Waals surface area contributed by atoms with Crippen LogP contribution in [0.4, 0.5) is 4.39 Å². The van der Waals surface area contributed by atoms with Crippen molar-refractivity contribution in [2.75, 3.05) is 39.4 Å². The highest BCUT2D eigenvalue weighted by molar-refractivity contribution is 5.97. The van der Waals surface area contributed by atoms with E-state index in [0.717, 1.165) is 19.2 Å². The summed E-state index contributed by atoms with van der Waals surface area (Å²) in [4.78, 5) is 13.9. The van der Waals surface area contributed by atoms with E-state index in [4.69, 9.17) is 4.74 Å². The molecular formula is C13H17FN2O3. The predicted octanol–water partition coefficient (Wildman–Crippen LogP) is 0.593. The molecule has 0 bridgehead atoms. The first-order valence-electron chi connectivity index (χ1n) is 6.24. The molecule has 0 saturated carbocycles. The van der Waals surface area contributed by atoms with Crippen molar-refractivity contribution in [3.05, 3.63) is 29.6 Å². The van der Waals surface area contributed by atoms with Crippen LogP contribution in [-0.2, 0) is 4.74 Å². The van der Waals surface area contributed by atoms with Crippen molar-refractivity contribution in [2.24, 2.45) is 0 Å². The Morgan fingerprint density at radius 3 is 2.84 bits per heavy atom. The number of amides is 1. The van der Waals surface area contributed by atoms with Crippen LogP contribution < -0.4 is 5.32 Å². The molecule has 2 N–H and O–H groups in total.